The first kappa shape index (κ1) is 59.9. The van der Waals surface area contributed by atoms with Crippen LogP contribution in [0.4, 0.5) is 0 Å². The molecule has 0 heterocycles. The van der Waals surface area contributed by atoms with Crippen molar-refractivity contribution in [1.82, 2.24) is 0 Å². The molecule has 1 unspecified atom stereocenters. The summed E-state index contributed by atoms with van der Waals surface area (Å²) in [5.74, 6) is -0.949. The number of hydrogen-bond acceptors (Lipinski definition) is 6. The van der Waals surface area contributed by atoms with E-state index in [0.29, 0.717) is 19.3 Å². The number of ether oxygens (including phenoxy) is 3. The van der Waals surface area contributed by atoms with Gasteiger partial charge in [0.05, 0.1) is 0 Å². The zero-order valence-corrected chi connectivity index (χ0v) is 41.3. The van der Waals surface area contributed by atoms with Crippen molar-refractivity contribution in [3.05, 3.63) is 72.9 Å². The van der Waals surface area contributed by atoms with Gasteiger partial charge in [-0.05, 0) is 64.2 Å². The lowest BCUT2D eigenvalue weighted by molar-refractivity contribution is -0.167. The Hall–Kier alpha value is -3.15. The minimum Gasteiger partial charge on any atom is -0.462 e. The van der Waals surface area contributed by atoms with Gasteiger partial charge in [-0.2, -0.15) is 0 Å². The lowest BCUT2D eigenvalue weighted by Gasteiger charge is -2.18. The number of allylic oxidation sites excluding steroid dienone is 12. The molecule has 63 heavy (non-hydrogen) atoms. The second-order valence-corrected chi connectivity index (χ2v) is 17.5. The second-order valence-electron chi connectivity index (χ2n) is 17.5. The summed E-state index contributed by atoms with van der Waals surface area (Å²) in [6.07, 6.45) is 64.6. The predicted octanol–water partition coefficient (Wildman–Crippen LogP) is 17.4. The van der Waals surface area contributed by atoms with Gasteiger partial charge in [-0.25, -0.2) is 0 Å². The van der Waals surface area contributed by atoms with Crippen molar-refractivity contribution in [1.29, 1.82) is 0 Å². The van der Waals surface area contributed by atoms with E-state index in [-0.39, 0.29) is 37.5 Å². The quantitative estimate of drug-likeness (QED) is 0.0199. The molecule has 0 radical (unpaired) electrons. The summed E-state index contributed by atoms with van der Waals surface area (Å²) in [5.41, 5.74) is 0. The Morgan fingerprint density at radius 3 is 1.03 bits per heavy atom. The second kappa shape index (κ2) is 51.5. The van der Waals surface area contributed by atoms with Crippen LogP contribution in [0, 0.1) is 0 Å². The summed E-state index contributed by atoms with van der Waals surface area (Å²) in [6.45, 7) is 6.45. The first-order valence-electron chi connectivity index (χ1n) is 26.5. The molecule has 0 amide bonds. The molecule has 0 rings (SSSR count). The largest absolute Gasteiger partial charge is 0.462 e. The van der Waals surface area contributed by atoms with Crippen LogP contribution in [-0.4, -0.2) is 37.2 Å². The van der Waals surface area contributed by atoms with Gasteiger partial charge in [-0.15, -0.1) is 0 Å². The minimum absolute atomic E-state index is 0.0956. The first-order valence-corrected chi connectivity index (χ1v) is 26.5. The van der Waals surface area contributed by atoms with Gasteiger partial charge < -0.3 is 14.2 Å². The van der Waals surface area contributed by atoms with Crippen molar-refractivity contribution in [3.8, 4) is 0 Å². The number of carbonyl (C=O) groups is 3. The van der Waals surface area contributed by atoms with E-state index in [2.05, 4.69) is 45.1 Å². The molecule has 0 fully saturated rings. The Bertz CT molecular complexity index is 1190. The topological polar surface area (TPSA) is 78.9 Å². The van der Waals surface area contributed by atoms with Gasteiger partial charge in [0.25, 0.3) is 0 Å². The fourth-order valence-electron chi connectivity index (χ4n) is 7.34. The number of unbranched alkanes of at least 4 members (excludes halogenated alkanes) is 28. The van der Waals surface area contributed by atoms with E-state index in [1.165, 1.54) is 128 Å². The molecule has 0 saturated carbocycles. The third-order valence-corrected chi connectivity index (χ3v) is 11.3. The van der Waals surface area contributed by atoms with Crippen molar-refractivity contribution >= 4 is 17.9 Å². The predicted molar refractivity (Wildman–Crippen MR) is 270 cm³/mol. The van der Waals surface area contributed by atoms with Gasteiger partial charge in [0.15, 0.2) is 6.10 Å². The minimum atomic E-state index is -0.801. The Balaban J connectivity index is 4.46. The Labute approximate surface area is 389 Å². The van der Waals surface area contributed by atoms with Crippen molar-refractivity contribution in [2.75, 3.05) is 13.2 Å². The van der Waals surface area contributed by atoms with Crippen molar-refractivity contribution in [2.45, 2.75) is 258 Å². The van der Waals surface area contributed by atoms with Gasteiger partial charge in [-0.1, -0.05) is 241 Å². The van der Waals surface area contributed by atoms with E-state index in [9.17, 15) is 14.4 Å². The Morgan fingerprint density at radius 1 is 0.333 bits per heavy atom. The lowest BCUT2D eigenvalue weighted by atomic mass is 10.0. The molecule has 0 aliphatic carbocycles. The number of rotatable bonds is 47. The normalized spacial score (nSPS) is 12.6. The van der Waals surface area contributed by atoms with Crippen LogP contribution in [0.1, 0.15) is 252 Å². The molecule has 6 nitrogen and oxygen atoms in total. The summed E-state index contributed by atoms with van der Waals surface area (Å²) in [5, 5.41) is 0. The molecule has 0 spiro atoms. The van der Waals surface area contributed by atoms with Gasteiger partial charge in [-0.3, -0.25) is 14.4 Å². The maximum atomic E-state index is 12.8. The molecule has 0 aromatic heterocycles. The van der Waals surface area contributed by atoms with Crippen molar-refractivity contribution in [2.24, 2.45) is 0 Å². The third-order valence-electron chi connectivity index (χ3n) is 11.3. The maximum Gasteiger partial charge on any atom is 0.306 e. The summed E-state index contributed by atoms with van der Waals surface area (Å²) in [7, 11) is 0. The fraction of sp³-hybridized carbons (Fsp3) is 0.737. The highest BCUT2D eigenvalue weighted by molar-refractivity contribution is 5.71. The molecule has 362 valence electrons. The highest BCUT2D eigenvalue weighted by Gasteiger charge is 2.19. The van der Waals surface area contributed by atoms with E-state index in [4.69, 9.17) is 14.2 Å². The first-order chi connectivity index (χ1) is 31.0. The van der Waals surface area contributed by atoms with Crippen LogP contribution in [0.2, 0.25) is 0 Å². The van der Waals surface area contributed by atoms with E-state index in [1.54, 1.807) is 0 Å². The Morgan fingerprint density at radius 2 is 0.635 bits per heavy atom. The number of hydrogen-bond donors (Lipinski definition) is 0. The SMILES string of the molecule is CC\C=C/C=C\C=C/C=C\C=C/CCCCCC(=O)OC(COC(=O)CCCCC/C=C\CCCCCCCCC)COC(=O)CCCCCCCCCCCCCCCCCC. The van der Waals surface area contributed by atoms with E-state index < -0.39 is 6.10 Å². The number of esters is 3. The molecular weight excluding hydrogens is 781 g/mol. The van der Waals surface area contributed by atoms with Crippen molar-refractivity contribution in [3.63, 3.8) is 0 Å². The van der Waals surface area contributed by atoms with Crippen LogP contribution in [0.3, 0.4) is 0 Å². The molecule has 0 saturated heterocycles. The monoisotopic (exact) mass is 879 g/mol. The highest BCUT2D eigenvalue weighted by atomic mass is 16.6. The van der Waals surface area contributed by atoms with Gasteiger partial charge in [0.1, 0.15) is 13.2 Å². The van der Waals surface area contributed by atoms with E-state index >= 15 is 0 Å². The molecule has 1 atom stereocenters. The van der Waals surface area contributed by atoms with Gasteiger partial charge >= 0.3 is 17.9 Å². The summed E-state index contributed by atoms with van der Waals surface area (Å²) >= 11 is 0. The zero-order valence-electron chi connectivity index (χ0n) is 41.3. The average Bonchev–Trinajstić information content (AvgIpc) is 3.28. The van der Waals surface area contributed by atoms with E-state index in [0.717, 1.165) is 77.0 Å². The molecule has 0 bridgehead atoms. The summed E-state index contributed by atoms with van der Waals surface area (Å²) in [6, 6.07) is 0. The average molecular weight is 879 g/mol. The summed E-state index contributed by atoms with van der Waals surface area (Å²) in [4.78, 5) is 38.0. The van der Waals surface area contributed by atoms with Crippen molar-refractivity contribution < 1.29 is 28.6 Å². The summed E-state index contributed by atoms with van der Waals surface area (Å²) < 4.78 is 16.8. The molecule has 0 aromatic carbocycles. The molecule has 0 aliphatic heterocycles. The standard InChI is InChI=1S/C57H98O6/c1-4-7-10-13-16-19-22-25-28-30-32-35-38-41-44-47-50-56(59)62-53-54(52-61-55(58)49-46-43-40-37-34-31-27-24-21-18-15-12-9-6-3)63-57(60)51-48-45-42-39-36-33-29-26-23-20-17-14-11-8-5-2/h8,11,14,17,20,23,26,29,31,33-34,36,54H,4-7,9-10,12-13,15-16,18-19,21-22,24-25,27-28,30,32,35,37-53H2,1-3H3/b11-8-,17-14-,23-20-,29-26-,34-31-,36-33-. The molecule has 0 aromatic rings. The molecule has 6 heteroatoms. The molecule has 0 N–H and O–H groups in total. The molecule has 0 aliphatic rings. The smallest absolute Gasteiger partial charge is 0.306 e. The van der Waals surface area contributed by atoms with Crippen LogP contribution < -0.4 is 0 Å². The van der Waals surface area contributed by atoms with Gasteiger partial charge in [0, 0.05) is 19.3 Å². The van der Waals surface area contributed by atoms with Crippen LogP contribution in [0.25, 0.3) is 0 Å². The zero-order chi connectivity index (χ0) is 45.8. The van der Waals surface area contributed by atoms with Crippen LogP contribution in [-0.2, 0) is 28.6 Å². The fourth-order valence-corrected chi connectivity index (χ4v) is 7.34. The lowest BCUT2D eigenvalue weighted by Crippen LogP contribution is -2.30. The third kappa shape index (κ3) is 49.7. The van der Waals surface area contributed by atoms with Crippen LogP contribution in [0.5, 0.6) is 0 Å². The van der Waals surface area contributed by atoms with Crippen LogP contribution >= 0.6 is 0 Å². The maximum absolute atomic E-state index is 12.8. The van der Waals surface area contributed by atoms with E-state index in [1.807, 2.05) is 48.6 Å². The van der Waals surface area contributed by atoms with Crippen LogP contribution in [0.15, 0.2) is 72.9 Å². The van der Waals surface area contributed by atoms with Gasteiger partial charge in [0.2, 0.25) is 0 Å². The molecular formula is C57H98O6. The highest BCUT2D eigenvalue weighted by Crippen LogP contribution is 2.15. The number of carbonyl (C=O) groups excluding carboxylic acids is 3. The Kier molecular flexibility index (Phi) is 48.9.